The third-order valence-electron chi connectivity index (χ3n) is 3.13. The number of ether oxygens (including phenoxy) is 1. The molecule has 1 fully saturated rings. The molecule has 1 saturated carbocycles. The van der Waals surface area contributed by atoms with E-state index < -0.39 is 0 Å². The summed E-state index contributed by atoms with van der Waals surface area (Å²) in [4.78, 5) is 0. The van der Waals surface area contributed by atoms with E-state index in [0.29, 0.717) is 5.92 Å². The zero-order valence-electron chi connectivity index (χ0n) is 8.83. The average molecular weight is 186 g/mol. The highest BCUT2D eigenvalue weighted by Gasteiger charge is 2.26. The molecule has 0 aliphatic heterocycles. The van der Waals surface area contributed by atoms with Crippen LogP contribution in [0.4, 0.5) is 0 Å². The van der Waals surface area contributed by atoms with Crippen LogP contribution < -0.4 is 0 Å². The molecule has 1 rings (SSSR count). The first-order valence-electron chi connectivity index (χ1n) is 5.41. The van der Waals surface area contributed by atoms with Gasteiger partial charge in [0.15, 0.2) is 0 Å². The first-order valence-corrected chi connectivity index (χ1v) is 5.41. The van der Waals surface area contributed by atoms with Crippen molar-refractivity contribution in [3.63, 3.8) is 0 Å². The fraction of sp³-hybridized carbons (Fsp3) is 1.00. The van der Waals surface area contributed by atoms with Crippen molar-refractivity contribution in [2.75, 3.05) is 13.7 Å². The van der Waals surface area contributed by atoms with Gasteiger partial charge >= 0.3 is 0 Å². The van der Waals surface area contributed by atoms with Crippen LogP contribution in [0.1, 0.15) is 39.0 Å². The van der Waals surface area contributed by atoms with Crippen LogP contribution in [0.2, 0.25) is 0 Å². The highest BCUT2D eigenvalue weighted by molar-refractivity contribution is 4.78. The highest BCUT2D eigenvalue weighted by atomic mass is 16.5. The third kappa shape index (κ3) is 3.65. The molecule has 78 valence electrons. The lowest BCUT2D eigenvalue weighted by atomic mass is 9.96. The van der Waals surface area contributed by atoms with E-state index >= 15 is 0 Å². The van der Waals surface area contributed by atoms with E-state index in [0.717, 1.165) is 25.4 Å². The van der Waals surface area contributed by atoms with Gasteiger partial charge in [0.05, 0.1) is 6.10 Å². The Balaban J connectivity index is 2.12. The molecule has 0 aromatic carbocycles. The topological polar surface area (TPSA) is 29.5 Å². The molecule has 13 heavy (non-hydrogen) atoms. The van der Waals surface area contributed by atoms with Crippen molar-refractivity contribution < 1.29 is 9.84 Å². The first-order chi connectivity index (χ1) is 6.24. The van der Waals surface area contributed by atoms with Gasteiger partial charge in [0.2, 0.25) is 0 Å². The van der Waals surface area contributed by atoms with E-state index in [1.54, 1.807) is 7.11 Å². The van der Waals surface area contributed by atoms with Gasteiger partial charge in [-0.15, -0.1) is 0 Å². The maximum absolute atomic E-state index is 9.84. The third-order valence-corrected chi connectivity index (χ3v) is 3.13. The van der Waals surface area contributed by atoms with E-state index in [1.807, 2.05) is 0 Å². The smallest absolute Gasteiger partial charge is 0.0569 e. The highest BCUT2D eigenvalue weighted by Crippen LogP contribution is 2.33. The Morgan fingerprint density at radius 1 is 1.46 bits per heavy atom. The molecule has 2 heteroatoms. The lowest BCUT2D eigenvalue weighted by Crippen LogP contribution is -2.18. The minimum atomic E-state index is -0.0832. The van der Waals surface area contributed by atoms with Gasteiger partial charge in [0.1, 0.15) is 0 Å². The Hall–Kier alpha value is -0.0800. The van der Waals surface area contributed by atoms with E-state index in [2.05, 4.69) is 6.92 Å². The Bertz CT molecular complexity index is 136. The second kappa shape index (κ2) is 5.61. The molecule has 0 radical (unpaired) electrons. The second-order valence-corrected chi connectivity index (χ2v) is 4.38. The van der Waals surface area contributed by atoms with Crippen molar-refractivity contribution >= 4 is 0 Å². The predicted molar refractivity (Wildman–Crippen MR) is 53.6 cm³/mol. The van der Waals surface area contributed by atoms with Gasteiger partial charge in [-0.2, -0.15) is 0 Å². The molecule has 0 amide bonds. The van der Waals surface area contributed by atoms with Crippen LogP contribution >= 0.6 is 0 Å². The monoisotopic (exact) mass is 186 g/mol. The summed E-state index contributed by atoms with van der Waals surface area (Å²) in [5.74, 6) is 1.38. The van der Waals surface area contributed by atoms with E-state index in [4.69, 9.17) is 4.74 Å². The number of aliphatic hydroxyl groups is 1. The van der Waals surface area contributed by atoms with Gasteiger partial charge in [-0.1, -0.05) is 13.3 Å². The number of rotatable bonds is 5. The molecule has 0 aromatic heterocycles. The van der Waals surface area contributed by atoms with Crippen LogP contribution in [-0.2, 0) is 4.74 Å². The summed E-state index contributed by atoms with van der Waals surface area (Å²) in [6, 6.07) is 0. The van der Waals surface area contributed by atoms with Crippen LogP contribution in [0.15, 0.2) is 0 Å². The Kier molecular flexibility index (Phi) is 4.74. The van der Waals surface area contributed by atoms with Crippen molar-refractivity contribution in [3.05, 3.63) is 0 Å². The summed E-state index contributed by atoms with van der Waals surface area (Å²) < 4.78 is 4.96. The minimum absolute atomic E-state index is 0.0832. The van der Waals surface area contributed by atoms with E-state index in [-0.39, 0.29) is 6.10 Å². The number of hydrogen-bond donors (Lipinski definition) is 1. The largest absolute Gasteiger partial charge is 0.393 e. The zero-order chi connectivity index (χ0) is 9.68. The molecule has 0 saturated heterocycles. The summed E-state index contributed by atoms with van der Waals surface area (Å²) in [5.41, 5.74) is 0. The quantitative estimate of drug-likeness (QED) is 0.667. The molecule has 0 bridgehead atoms. The standard InChI is InChI=1S/C11H22O2/c1-9-5-6-10(8-9)11(12)4-3-7-13-2/h9-12H,3-8H2,1-2H3. The van der Waals surface area contributed by atoms with Gasteiger partial charge in [-0.05, 0) is 37.5 Å². The Labute approximate surface area is 81.3 Å². The van der Waals surface area contributed by atoms with E-state index in [9.17, 15) is 5.11 Å². The molecule has 0 aromatic rings. The molecular weight excluding hydrogens is 164 g/mol. The lowest BCUT2D eigenvalue weighted by molar-refractivity contribution is 0.0861. The van der Waals surface area contributed by atoms with Crippen molar-refractivity contribution in [2.24, 2.45) is 11.8 Å². The maximum Gasteiger partial charge on any atom is 0.0569 e. The minimum Gasteiger partial charge on any atom is -0.393 e. The predicted octanol–water partition coefficient (Wildman–Crippen LogP) is 2.21. The molecule has 0 heterocycles. The Morgan fingerprint density at radius 3 is 2.77 bits per heavy atom. The molecule has 1 N–H and O–H groups in total. The number of methoxy groups -OCH3 is 1. The fourth-order valence-electron chi connectivity index (χ4n) is 2.27. The van der Waals surface area contributed by atoms with Crippen LogP contribution in [-0.4, -0.2) is 24.9 Å². The molecule has 2 nitrogen and oxygen atoms in total. The molecule has 3 unspecified atom stereocenters. The van der Waals surface area contributed by atoms with Crippen LogP contribution in [0.3, 0.4) is 0 Å². The average Bonchev–Trinajstić information content (AvgIpc) is 2.52. The maximum atomic E-state index is 9.84. The number of hydrogen-bond acceptors (Lipinski definition) is 2. The van der Waals surface area contributed by atoms with Crippen molar-refractivity contribution in [2.45, 2.75) is 45.1 Å². The lowest BCUT2D eigenvalue weighted by Gasteiger charge is -2.17. The molecule has 1 aliphatic carbocycles. The molecule has 3 atom stereocenters. The van der Waals surface area contributed by atoms with Gasteiger partial charge < -0.3 is 9.84 Å². The molecular formula is C11H22O2. The normalized spacial score (nSPS) is 30.7. The van der Waals surface area contributed by atoms with Crippen LogP contribution in [0.5, 0.6) is 0 Å². The summed E-state index contributed by atoms with van der Waals surface area (Å²) in [5, 5.41) is 9.84. The van der Waals surface area contributed by atoms with Gasteiger partial charge in [0.25, 0.3) is 0 Å². The van der Waals surface area contributed by atoms with Gasteiger partial charge in [0, 0.05) is 13.7 Å². The molecule has 0 spiro atoms. The van der Waals surface area contributed by atoms with Crippen molar-refractivity contribution in [1.82, 2.24) is 0 Å². The fourth-order valence-corrected chi connectivity index (χ4v) is 2.27. The first kappa shape index (κ1) is 11.0. The summed E-state index contributed by atoms with van der Waals surface area (Å²) >= 11 is 0. The van der Waals surface area contributed by atoms with Crippen molar-refractivity contribution in [3.8, 4) is 0 Å². The van der Waals surface area contributed by atoms with Gasteiger partial charge in [-0.25, -0.2) is 0 Å². The summed E-state index contributed by atoms with van der Waals surface area (Å²) in [6.45, 7) is 3.06. The summed E-state index contributed by atoms with van der Waals surface area (Å²) in [6.07, 6.45) is 5.54. The number of aliphatic hydroxyl groups excluding tert-OH is 1. The van der Waals surface area contributed by atoms with Gasteiger partial charge in [-0.3, -0.25) is 0 Å². The van der Waals surface area contributed by atoms with Crippen molar-refractivity contribution in [1.29, 1.82) is 0 Å². The summed E-state index contributed by atoms with van der Waals surface area (Å²) in [7, 11) is 1.71. The van der Waals surface area contributed by atoms with Crippen LogP contribution in [0.25, 0.3) is 0 Å². The molecule has 1 aliphatic rings. The Morgan fingerprint density at radius 2 is 2.23 bits per heavy atom. The van der Waals surface area contributed by atoms with E-state index in [1.165, 1.54) is 19.3 Å². The SMILES string of the molecule is COCCCC(O)C1CCC(C)C1. The second-order valence-electron chi connectivity index (χ2n) is 4.38. The van der Waals surface area contributed by atoms with Crippen LogP contribution in [0, 0.1) is 11.8 Å². The zero-order valence-corrected chi connectivity index (χ0v) is 8.83.